The van der Waals surface area contributed by atoms with Crippen molar-refractivity contribution in [2.45, 2.75) is 71.6 Å². The molecular weight excluding hydrogens is 404 g/mol. The van der Waals surface area contributed by atoms with Crippen LogP contribution in [0.15, 0.2) is 18.2 Å². The van der Waals surface area contributed by atoms with Crippen LogP contribution in [0, 0.1) is 22.7 Å². The number of carbonyl (C=O) groups is 1. The van der Waals surface area contributed by atoms with Crippen molar-refractivity contribution in [2.75, 3.05) is 13.7 Å². The lowest BCUT2D eigenvalue weighted by molar-refractivity contribution is -0.138. The molecule has 2 saturated carbocycles. The van der Waals surface area contributed by atoms with Crippen LogP contribution in [0.2, 0.25) is 0 Å². The number of benzene rings is 1. The molecule has 1 amide bonds. The fourth-order valence-corrected chi connectivity index (χ4v) is 6.69. The maximum absolute atomic E-state index is 13.2. The molecule has 1 N–H and O–H groups in total. The Kier molecular flexibility index (Phi) is 5.92. The average molecular weight is 438 g/mol. The monoisotopic (exact) mass is 437 g/mol. The van der Waals surface area contributed by atoms with E-state index < -0.39 is 6.61 Å². The molecule has 3 fully saturated rings. The number of hydrogen-bond donors (Lipinski definition) is 1. The summed E-state index contributed by atoms with van der Waals surface area (Å²) in [4.78, 5) is 12.6. The van der Waals surface area contributed by atoms with Crippen molar-refractivity contribution in [3.8, 4) is 11.5 Å². The summed E-state index contributed by atoms with van der Waals surface area (Å²) in [5.41, 5.74) is 0.483. The molecule has 4 rings (SSSR count). The zero-order chi connectivity index (χ0) is 22.4. The molecule has 1 aromatic rings. The molecule has 1 aromatic carbocycles. The van der Waals surface area contributed by atoms with Crippen molar-refractivity contribution in [1.82, 2.24) is 5.32 Å². The first kappa shape index (κ1) is 22.3. The fraction of sp³-hybridized carbons (Fsp3) is 0.708. The Balaban J connectivity index is 1.71. The summed E-state index contributed by atoms with van der Waals surface area (Å²) in [6.07, 6.45) is 3.78. The molecule has 1 aliphatic heterocycles. The lowest BCUT2D eigenvalue weighted by Gasteiger charge is -2.53. The minimum atomic E-state index is -2.95. The third kappa shape index (κ3) is 3.59. The Morgan fingerprint density at radius 2 is 2.13 bits per heavy atom. The molecule has 172 valence electrons. The van der Waals surface area contributed by atoms with Crippen molar-refractivity contribution in [1.29, 1.82) is 0 Å². The van der Waals surface area contributed by atoms with Gasteiger partial charge in [0.15, 0.2) is 11.5 Å². The van der Waals surface area contributed by atoms with E-state index in [0.717, 1.165) is 25.7 Å². The van der Waals surface area contributed by atoms with Gasteiger partial charge in [0.05, 0.1) is 13.2 Å². The second-order valence-corrected chi connectivity index (χ2v) is 9.85. The van der Waals surface area contributed by atoms with E-state index in [4.69, 9.17) is 14.2 Å². The third-order valence-corrected chi connectivity index (χ3v) is 8.03. The van der Waals surface area contributed by atoms with Gasteiger partial charge in [-0.25, -0.2) is 0 Å². The lowest BCUT2D eigenvalue weighted by Crippen LogP contribution is -2.58. The number of halogens is 2. The summed E-state index contributed by atoms with van der Waals surface area (Å²) in [5.74, 6) is 0.984. The van der Waals surface area contributed by atoms with Crippen LogP contribution >= 0.6 is 0 Å². The van der Waals surface area contributed by atoms with Crippen molar-refractivity contribution < 1.29 is 27.8 Å². The van der Waals surface area contributed by atoms with Gasteiger partial charge in [-0.1, -0.05) is 32.9 Å². The molecule has 7 heteroatoms. The topological polar surface area (TPSA) is 56.8 Å². The number of amides is 1. The lowest BCUT2D eigenvalue weighted by atomic mass is 9.58. The first-order valence-electron chi connectivity index (χ1n) is 11.3. The molecule has 31 heavy (non-hydrogen) atoms. The fourth-order valence-electron chi connectivity index (χ4n) is 6.69. The van der Waals surface area contributed by atoms with Crippen LogP contribution in [-0.4, -0.2) is 32.3 Å². The highest BCUT2D eigenvalue weighted by molar-refractivity contribution is 5.76. The van der Waals surface area contributed by atoms with Gasteiger partial charge in [-0.3, -0.25) is 4.79 Å². The SMILES string of the molecule is CCCC(=O)N[C@@H]1C(C)(C)[C@@H]2C[C@@H]3[C@@H](c4cccc(OC)c4OC(F)F)OCCC31C2. The minimum Gasteiger partial charge on any atom is -0.493 e. The predicted molar refractivity (Wildman–Crippen MR) is 112 cm³/mol. The highest BCUT2D eigenvalue weighted by Gasteiger charge is 2.68. The van der Waals surface area contributed by atoms with Gasteiger partial charge in [0.2, 0.25) is 5.91 Å². The van der Waals surface area contributed by atoms with E-state index in [-0.39, 0.29) is 46.3 Å². The number of para-hydroxylation sites is 1. The average Bonchev–Trinajstić information content (AvgIpc) is 3.20. The number of nitrogens with one attached hydrogen (secondary N) is 1. The predicted octanol–water partition coefficient (Wildman–Crippen LogP) is 5.10. The zero-order valence-corrected chi connectivity index (χ0v) is 18.8. The number of fused-ring (bicyclic) bond motifs is 1. The van der Waals surface area contributed by atoms with E-state index >= 15 is 0 Å². The quantitative estimate of drug-likeness (QED) is 0.645. The van der Waals surface area contributed by atoms with Crippen LogP contribution in [0.1, 0.15) is 64.5 Å². The maximum Gasteiger partial charge on any atom is 0.387 e. The molecule has 3 aliphatic rings. The number of methoxy groups -OCH3 is 1. The van der Waals surface area contributed by atoms with Gasteiger partial charge in [-0.05, 0) is 54.4 Å². The van der Waals surface area contributed by atoms with Crippen molar-refractivity contribution in [3.63, 3.8) is 0 Å². The van der Waals surface area contributed by atoms with Gasteiger partial charge in [-0.15, -0.1) is 0 Å². The van der Waals surface area contributed by atoms with E-state index in [1.165, 1.54) is 7.11 Å². The number of hydrogen-bond acceptors (Lipinski definition) is 4. The number of rotatable bonds is 7. The largest absolute Gasteiger partial charge is 0.493 e. The second kappa shape index (κ2) is 8.23. The van der Waals surface area contributed by atoms with Crippen molar-refractivity contribution >= 4 is 5.91 Å². The number of ether oxygens (including phenoxy) is 3. The Labute approximate surface area is 182 Å². The van der Waals surface area contributed by atoms with Gasteiger partial charge < -0.3 is 19.5 Å². The van der Waals surface area contributed by atoms with Crippen LogP contribution in [0.4, 0.5) is 8.78 Å². The first-order valence-corrected chi connectivity index (χ1v) is 11.3. The molecule has 5 nitrogen and oxygen atoms in total. The summed E-state index contributed by atoms with van der Waals surface area (Å²) in [6.45, 7) is 4.08. The van der Waals surface area contributed by atoms with Crippen LogP contribution in [0.3, 0.4) is 0 Å². The Morgan fingerprint density at radius 3 is 2.81 bits per heavy atom. The molecule has 2 bridgehead atoms. The molecule has 5 atom stereocenters. The van der Waals surface area contributed by atoms with Crippen molar-refractivity contribution in [3.05, 3.63) is 23.8 Å². The summed E-state index contributed by atoms with van der Waals surface area (Å²) in [7, 11) is 1.44. The third-order valence-electron chi connectivity index (χ3n) is 8.03. The first-order chi connectivity index (χ1) is 14.7. The Bertz CT molecular complexity index is 830. The molecular formula is C24H33F2NO4. The molecule has 1 unspecified atom stereocenters. The molecule has 1 heterocycles. The van der Waals surface area contributed by atoms with E-state index in [0.29, 0.717) is 24.5 Å². The highest BCUT2D eigenvalue weighted by Crippen LogP contribution is 2.71. The van der Waals surface area contributed by atoms with Gasteiger partial charge in [0.25, 0.3) is 0 Å². The van der Waals surface area contributed by atoms with Gasteiger partial charge >= 0.3 is 6.61 Å². The van der Waals surface area contributed by atoms with E-state index in [2.05, 4.69) is 19.2 Å². The molecule has 0 radical (unpaired) electrons. The van der Waals surface area contributed by atoms with Crippen LogP contribution in [0.25, 0.3) is 0 Å². The molecule has 1 saturated heterocycles. The molecule has 1 spiro atoms. The summed E-state index contributed by atoms with van der Waals surface area (Å²) in [5, 5.41) is 3.36. The van der Waals surface area contributed by atoms with E-state index in [9.17, 15) is 13.6 Å². The van der Waals surface area contributed by atoms with Crippen molar-refractivity contribution in [2.24, 2.45) is 22.7 Å². The van der Waals surface area contributed by atoms with Crippen LogP contribution in [0.5, 0.6) is 11.5 Å². The van der Waals surface area contributed by atoms with Gasteiger partial charge in [0.1, 0.15) is 0 Å². The minimum absolute atomic E-state index is 0.0154. The highest BCUT2D eigenvalue weighted by atomic mass is 19.3. The van der Waals surface area contributed by atoms with Gasteiger partial charge in [0, 0.05) is 24.6 Å². The van der Waals surface area contributed by atoms with E-state index in [1.807, 2.05) is 6.92 Å². The van der Waals surface area contributed by atoms with E-state index in [1.54, 1.807) is 18.2 Å². The molecule has 0 aromatic heterocycles. The Morgan fingerprint density at radius 1 is 1.35 bits per heavy atom. The standard InChI is InChI=1S/C24H33F2NO4/c1-5-7-18(28)27-21-23(2,3)14-12-16-19(30-11-10-24(16,21)13-14)15-8-6-9-17(29-4)20(15)31-22(25)26/h6,8-9,14,16,19,21-22H,5,7,10-13H2,1-4H3,(H,27,28)/t14-,16-,19-,21-,24?/m1/s1. The number of alkyl halides is 2. The Hall–Kier alpha value is -1.89. The maximum atomic E-state index is 13.2. The zero-order valence-electron chi connectivity index (χ0n) is 18.8. The van der Waals surface area contributed by atoms with Crippen LogP contribution < -0.4 is 14.8 Å². The second-order valence-electron chi connectivity index (χ2n) is 9.85. The summed E-state index contributed by atoms with van der Waals surface area (Å²) in [6, 6.07) is 5.25. The molecule has 2 aliphatic carbocycles. The number of carbonyl (C=O) groups excluding carboxylic acids is 1. The summed E-state index contributed by atoms with van der Waals surface area (Å²) < 4.78 is 42.9. The van der Waals surface area contributed by atoms with Crippen LogP contribution in [-0.2, 0) is 9.53 Å². The normalized spacial score (nSPS) is 33.3. The smallest absolute Gasteiger partial charge is 0.387 e. The summed E-state index contributed by atoms with van der Waals surface area (Å²) >= 11 is 0. The van der Waals surface area contributed by atoms with Gasteiger partial charge in [-0.2, -0.15) is 8.78 Å².